The molecule has 1 saturated heterocycles. The SMILES string of the molecule is CN1CCC(CCCNC(=O)OC(C)(C)C)CC1. The highest BCUT2D eigenvalue weighted by atomic mass is 16.6. The Hall–Kier alpha value is -0.770. The van der Waals surface area contributed by atoms with E-state index in [1.54, 1.807) is 0 Å². The maximum atomic E-state index is 11.4. The van der Waals surface area contributed by atoms with E-state index in [1.165, 1.54) is 32.4 Å². The Balaban J connectivity index is 2.03. The van der Waals surface area contributed by atoms with Crippen molar-refractivity contribution in [2.24, 2.45) is 5.92 Å². The number of alkyl carbamates (subject to hydrolysis) is 1. The largest absolute Gasteiger partial charge is 0.444 e. The molecule has 0 aromatic heterocycles. The van der Waals surface area contributed by atoms with Crippen molar-refractivity contribution in [3.05, 3.63) is 0 Å². The molecule has 0 bridgehead atoms. The maximum absolute atomic E-state index is 11.4. The Morgan fingerprint density at radius 3 is 2.50 bits per heavy atom. The summed E-state index contributed by atoms with van der Waals surface area (Å²) in [6.45, 7) is 8.79. The molecule has 18 heavy (non-hydrogen) atoms. The van der Waals surface area contributed by atoms with Crippen molar-refractivity contribution in [1.29, 1.82) is 0 Å². The molecule has 1 fully saturated rings. The number of carbonyl (C=O) groups is 1. The normalized spacial score (nSPS) is 18.7. The molecule has 1 heterocycles. The predicted molar refractivity (Wildman–Crippen MR) is 73.7 cm³/mol. The molecular weight excluding hydrogens is 228 g/mol. The minimum atomic E-state index is -0.405. The van der Waals surface area contributed by atoms with Gasteiger partial charge in [0.2, 0.25) is 0 Å². The van der Waals surface area contributed by atoms with Gasteiger partial charge in [-0.2, -0.15) is 0 Å². The summed E-state index contributed by atoms with van der Waals surface area (Å²) in [6, 6.07) is 0. The zero-order chi connectivity index (χ0) is 13.6. The summed E-state index contributed by atoms with van der Waals surface area (Å²) < 4.78 is 5.19. The molecule has 1 amide bonds. The van der Waals surface area contributed by atoms with Crippen LogP contribution in [0.2, 0.25) is 0 Å². The number of carbonyl (C=O) groups excluding carboxylic acids is 1. The predicted octanol–water partition coefficient (Wildman–Crippen LogP) is 2.63. The molecule has 1 aliphatic rings. The van der Waals surface area contributed by atoms with E-state index in [-0.39, 0.29) is 6.09 Å². The Bertz CT molecular complexity index is 253. The van der Waals surface area contributed by atoms with Crippen LogP contribution >= 0.6 is 0 Å². The summed E-state index contributed by atoms with van der Waals surface area (Å²) >= 11 is 0. The highest BCUT2D eigenvalue weighted by molar-refractivity contribution is 5.67. The Kier molecular flexibility index (Phi) is 5.93. The average molecular weight is 256 g/mol. The number of hydrogen-bond acceptors (Lipinski definition) is 3. The molecule has 0 radical (unpaired) electrons. The first-order valence-electron chi connectivity index (χ1n) is 7.02. The Morgan fingerprint density at radius 2 is 1.94 bits per heavy atom. The van der Waals surface area contributed by atoms with Gasteiger partial charge in [-0.25, -0.2) is 4.79 Å². The molecule has 0 spiro atoms. The molecule has 1 rings (SSSR count). The number of likely N-dealkylation sites (tertiary alicyclic amines) is 1. The van der Waals surface area contributed by atoms with Crippen LogP contribution in [0.1, 0.15) is 46.5 Å². The number of ether oxygens (including phenoxy) is 1. The summed E-state index contributed by atoms with van der Waals surface area (Å²) in [6.07, 6.45) is 4.55. The Labute approximate surface area is 111 Å². The van der Waals surface area contributed by atoms with Crippen molar-refractivity contribution in [2.45, 2.75) is 52.1 Å². The lowest BCUT2D eigenvalue weighted by molar-refractivity contribution is 0.0526. The third-order valence-corrected chi connectivity index (χ3v) is 3.30. The molecule has 4 heteroatoms. The minimum Gasteiger partial charge on any atom is -0.444 e. The topological polar surface area (TPSA) is 41.6 Å². The summed E-state index contributed by atoms with van der Waals surface area (Å²) in [7, 11) is 2.18. The summed E-state index contributed by atoms with van der Waals surface area (Å²) in [5.41, 5.74) is -0.405. The van der Waals surface area contributed by atoms with Gasteiger partial charge in [-0.05, 0) is 72.5 Å². The van der Waals surface area contributed by atoms with E-state index >= 15 is 0 Å². The first-order valence-corrected chi connectivity index (χ1v) is 7.02. The maximum Gasteiger partial charge on any atom is 0.407 e. The van der Waals surface area contributed by atoms with Gasteiger partial charge in [-0.1, -0.05) is 0 Å². The number of piperidine rings is 1. The molecule has 0 aromatic rings. The van der Waals surface area contributed by atoms with Gasteiger partial charge in [0.15, 0.2) is 0 Å². The van der Waals surface area contributed by atoms with Crippen molar-refractivity contribution in [2.75, 3.05) is 26.7 Å². The van der Waals surface area contributed by atoms with E-state index in [4.69, 9.17) is 4.74 Å². The van der Waals surface area contributed by atoms with Crippen LogP contribution in [0.25, 0.3) is 0 Å². The van der Waals surface area contributed by atoms with Gasteiger partial charge in [0.05, 0.1) is 0 Å². The number of nitrogens with one attached hydrogen (secondary N) is 1. The second-order valence-electron chi connectivity index (χ2n) is 6.32. The first kappa shape index (κ1) is 15.3. The van der Waals surface area contributed by atoms with Crippen molar-refractivity contribution in [3.63, 3.8) is 0 Å². The third kappa shape index (κ3) is 6.84. The number of nitrogens with zero attached hydrogens (tertiary/aromatic N) is 1. The number of amides is 1. The van der Waals surface area contributed by atoms with Gasteiger partial charge in [0.1, 0.15) is 5.60 Å². The van der Waals surface area contributed by atoms with E-state index in [2.05, 4.69) is 17.3 Å². The highest BCUT2D eigenvalue weighted by Gasteiger charge is 2.17. The van der Waals surface area contributed by atoms with Crippen LogP contribution in [0.5, 0.6) is 0 Å². The lowest BCUT2D eigenvalue weighted by Gasteiger charge is -2.28. The van der Waals surface area contributed by atoms with Crippen LogP contribution in [0.15, 0.2) is 0 Å². The van der Waals surface area contributed by atoms with Crippen LogP contribution in [-0.2, 0) is 4.74 Å². The minimum absolute atomic E-state index is 0.300. The van der Waals surface area contributed by atoms with Gasteiger partial charge >= 0.3 is 6.09 Å². The molecule has 0 saturated carbocycles. The molecule has 0 unspecified atom stereocenters. The van der Waals surface area contributed by atoms with Crippen LogP contribution in [0, 0.1) is 5.92 Å². The molecule has 1 aliphatic heterocycles. The number of hydrogen-bond donors (Lipinski definition) is 1. The second kappa shape index (κ2) is 6.98. The molecule has 4 nitrogen and oxygen atoms in total. The molecular formula is C14H28N2O2. The van der Waals surface area contributed by atoms with Gasteiger partial charge in [0.25, 0.3) is 0 Å². The lowest BCUT2D eigenvalue weighted by atomic mass is 9.92. The van der Waals surface area contributed by atoms with E-state index in [9.17, 15) is 4.79 Å². The highest BCUT2D eigenvalue weighted by Crippen LogP contribution is 2.20. The van der Waals surface area contributed by atoms with Crippen LogP contribution in [0.3, 0.4) is 0 Å². The lowest BCUT2D eigenvalue weighted by Crippen LogP contribution is -2.33. The summed E-state index contributed by atoms with van der Waals surface area (Å²) in [5, 5.41) is 2.82. The zero-order valence-corrected chi connectivity index (χ0v) is 12.3. The monoisotopic (exact) mass is 256 g/mol. The molecule has 1 N–H and O–H groups in total. The fourth-order valence-electron chi connectivity index (χ4n) is 2.25. The van der Waals surface area contributed by atoms with Crippen LogP contribution < -0.4 is 5.32 Å². The Morgan fingerprint density at radius 1 is 1.33 bits per heavy atom. The molecule has 0 aromatic carbocycles. The van der Waals surface area contributed by atoms with E-state index < -0.39 is 5.60 Å². The van der Waals surface area contributed by atoms with Gasteiger partial charge in [-0.3, -0.25) is 0 Å². The third-order valence-electron chi connectivity index (χ3n) is 3.30. The van der Waals surface area contributed by atoms with E-state index in [1.807, 2.05) is 20.8 Å². The van der Waals surface area contributed by atoms with Crippen LogP contribution in [0.4, 0.5) is 4.79 Å². The summed E-state index contributed by atoms with van der Waals surface area (Å²) in [4.78, 5) is 13.8. The van der Waals surface area contributed by atoms with Gasteiger partial charge < -0.3 is 15.0 Å². The van der Waals surface area contributed by atoms with Crippen molar-refractivity contribution < 1.29 is 9.53 Å². The van der Waals surface area contributed by atoms with Crippen LogP contribution in [-0.4, -0.2) is 43.3 Å². The van der Waals surface area contributed by atoms with E-state index in [0.717, 1.165) is 18.9 Å². The first-order chi connectivity index (χ1) is 8.37. The van der Waals surface area contributed by atoms with Gasteiger partial charge in [0, 0.05) is 6.54 Å². The smallest absolute Gasteiger partial charge is 0.407 e. The zero-order valence-electron chi connectivity index (χ0n) is 12.3. The molecule has 106 valence electrons. The fourth-order valence-corrected chi connectivity index (χ4v) is 2.25. The van der Waals surface area contributed by atoms with E-state index in [0.29, 0.717) is 0 Å². The molecule has 0 atom stereocenters. The fraction of sp³-hybridized carbons (Fsp3) is 0.929. The molecule has 0 aliphatic carbocycles. The average Bonchev–Trinajstić information content (AvgIpc) is 2.24. The van der Waals surface area contributed by atoms with Gasteiger partial charge in [-0.15, -0.1) is 0 Å². The quantitative estimate of drug-likeness (QED) is 0.786. The van der Waals surface area contributed by atoms with Crippen molar-refractivity contribution in [1.82, 2.24) is 10.2 Å². The standard InChI is InChI=1S/C14H28N2O2/c1-14(2,3)18-13(17)15-9-5-6-12-7-10-16(4)11-8-12/h12H,5-11H2,1-4H3,(H,15,17). The van der Waals surface area contributed by atoms with Crippen molar-refractivity contribution >= 4 is 6.09 Å². The number of rotatable bonds is 4. The second-order valence-corrected chi connectivity index (χ2v) is 6.32. The van der Waals surface area contributed by atoms with Crippen molar-refractivity contribution in [3.8, 4) is 0 Å². The summed E-state index contributed by atoms with van der Waals surface area (Å²) in [5.74, 6) is 0.835.